The molecule has 0 radical (unpaired) electrons. The average Bonchev–Trinajstić information content (AvgIpc) is 2.74. The number of aliphatic hydroxyl groups is 2. The Morgan fingerprint density at radius 1 is 1.47 bits per heavy atom. The van der Waals surface area contributed by atoms with Crippen LogP contribution in [-0.2, 0) is 0 Å². The van der Waals surface area contributed by atoms with Crippen LogP contribution in [0.2, 0.25) is 0 Å². The van der Waals surface area contributed by atoms with Crippen molar-refractivity contribution in [3.63, 3.8) is 0 Å². The lowest BCUT2D eigenvalue weighted by atomic mass is 10.2. The van der Waals surface area contributed by atoms with Gasteiger partial charge in [-0.05, 0) is 12.1 Å². The minimum absolute atomic E-state index is 0.0702. The van der Waals surface area contributed by atoms with Crippen LogP contribution in [0.5, 0.6) is 5.75 Å². The molecule has 5 heteroatoms. The van der Waals surface area contributed by atoms with Crippen LogP contribution in [0.1, 0.15) is 0 Å². The summed E-state index contributed by atoms with van der Waals surface area (Å²) in [6.45, 7) is -0.234. The first-order valence-corrected chi connectivity index (χ1v) is 4.65. The highest BCUT2D eigenvalue weighted by atomic mass is 16.5. The summed E-state index contributed by atoms with van der Waals surface area (Å²) in [7, 11) is 0. The number of aromatic amines is 1. The van der Waals surface area contributed by atoms with Crippen LogP contribution >= 0.6 is 0 Å². The molecule has 2 rings (SSSR count). The number of nitrogens with zero attached hydrogens (tertiary/aromatic N) is 1. The van der Waals surface area contributed by atoms with E-state index in [0.29, 0.717) is 5.75 Å². The quantitative estimate of drug-likeness (QED) is 0.675. The average molecular weight is 208 g/mol. The van der Waals surface area contributed by atoms with Gasteiger partial charge in [0.05, 0.1) is 23.7 Å². The number of fused-ring (bicyclic) bond motifs is 1. The molecule has 80 valence electrons. The monoisotopic (exact) mass is 208 g/mol. The van der Waals surface area contributed by atoms with E-state index < -0.39 is 6.10 Å². The molecule has 0 aliphatic rings. The Morgan fingerprint density at radius 3 is 3.13 bits per heavy atom. The van der Waals surface area contributed by atoms with E-state index in [-0.39, 0.29) is 13.2 Å². The van der Waals surface area contributed by atoms with Crippen LogP contribution in [-0.4, -0.2) is 39.7 Å². The van der Waals surface area contributed by atoms with Crippen LogP contribution in [0.15, 0.2) is 24.4 Å². The second-order valence-corrected chi connectivity index (χ2v) is 3.23. The molecule has 0 amide bonds. The number of nitrogens with one attached hydrogen (secondary N) is 1. The van der Waals surface area contributed by atoms with Crippen LogP contribution in [0.4, 0.5) is 0 Å². The number of hydrogen-bond donors (Lipinski definition) is 3. The summed E-state index contributed by atoms with van der Waals surface area (Å²) in [6.07, 6.45) is 0.808. The smallest absolute Gasteiger partial charge is 0.130 e. The Morgan fingerprint density at radius 2 is 2.33 bits per heavy atom. The van der Waals surface area contributed by atoms with E-state index >= 15 is 0 Å². The number of H-pyrrole nitrogens is 1. The Hall–Kier alpha value is -1.59. The number of ether oxygens (including phenoxy) is 1. The highest BCUT2D eigenvalue weighted by Crippen LogP contribution is 2.23. The fourth-order valence-corrected chi connectivity index (χ4v) is 1.31. The van der Waals surface area contributed by atoms with Gasteiger partial charge >= 0.3 is 0 Å². The third kappa shape index (κ3) is 2.08. The van der Waals surface area contributed by atoms with Crippen molar-refractivity contribution in [2.45, 2.75) is 6.10 Å². The fraction of sp³-hybridized carbons (Fsp3) is 0.300. The summed E-state index contributed by atoms with van der Waals surface area (Å²) in [5.41, 5.74) is 0.881. The molecule has 1 aromatic heterocycles. The van der Waals surface area contributed by atoms with E-state index in [1.165, 1.54) is 0 Å². The van der Waals surface area contributed by atoms with Crippen LogP contribution in [0.25, 0.3) is 10.9 Å². The van der Waals surface area contributed by atoms with Crippen LogP contribution in [0.3, 0.4) is 0 Å². The molecular weight excluding hydrogens is 196 g/mol. The van der Waals surface area contributed by atoms with E-state index in [1.807, 2.05) is 12.1 Å². The zero-order valence-electron chi connectivity index (χ0n) is 8.05. The maximum absolute atomic E-state index is 9.14. The molecule has 0 saturated heterocycles. The standard InChI is InChI=1S/C10H12N2O3/c13-5-7(14)6-15-10-3-1-2-9-8(10)4-11-12-9/h1-4,7,13-14H,5-6H2,(H,11,12). The van der Waals surface area contributed by atoms with E-state index in [2.05, 4.69) is 10.2 Å². The van der Waals surface area contributed by atoms with Gasteiger partial charge in [-0.1, -0.05) is 6.07 Å². The molecule has 15 heavy (non-hydrogen) atoms. The van der Waals surface area contributed by atoms with Crippen molar-refractivity contribution in [3.05, 3.63) is 24.4 Å². The first-order chi connectivity index (χ1) is 7.31. The minimum Gasteiger partial charge on any atom is -0.490 e. The van der Waals surface area contributed by atoms with E-state index in [9.17, 15) is 0 Å². The van der Waals surface area contributed by atoms with Gasteiger partial charge < -0.3 is 14.9 Å². The lowest BCUT2D eigenvalue weighted by Crippen LogP contribution is -2.21. The summed E-state index contributed by atoms with van der Waals surface area (Å²) in [5.74, 6) is 0.647. The minimum atomic E-state index is -0.854. The Bertz CT molecular complexity index is 441. The van der Waals surface area contributed by atoms with Crippen molar-refractivity contribution in [1.82, 2.24) is 10.2 Å². The summed E-state index contributed by atoms with van der Waals surface area (Å²) in [4.78, 5) is 0. The molecule has 0 aliphatic carbocycles. The van der Waals surface area contributed by atoms with Crippen LogP contribution < -0.4 is 4.74 Å². The normalized spacial score (nSPS) is 12.9. The molecule has 0 saturated carbocycles. The maximum Gasteiger partial charge on any atom is 0.130 e. The van der Waals surface area contributed by atoms with Gasteiger partial charge in [0.1, 0.15) is 18.5 Å². The van der Waals surface area contributed by atoms with Gasteiger partial charge in [-0.15, -0.1) is 0 Å². The highest BCUT2D eigenvalue weighted by Gasteiger charge is 2.06. The fourth-order valence-electron chi connectivity index (χ4n) is 1.31. The van der Waals surface area contributed by atoms with Crippen molar-refractivity contribution in [2.75, 3.05) is 13.2 Å². The SMILES string of the molecule is OCC(O)COc1cccc2[nH]ncc12. The van der Waals surface area contributed by atoms with Gasteiger partial charge in [0, 0.05) is 0 Å². The van der Waals surface area contributed by atoms with Crippen molar-refractivity contribution >= 4 is 10.9 Å². The molecule has 1 aromatic carbocycles. The molecule has 0 spiro atoms. The second kappa shape index (κ2) is 4.29. The first kappa shape index (κ1) is 9.95. The Labute approximate surface area is 86.3 Å². The summed E-state index contributed by atoms with van der Waals surface area (Å²) in [6, 6.07) is 5.51. The number of aliphatic hydroxyl groups excluding tert-OH is 2. The molecule has 1 atom stereocenters. The molecular formula is C10H12N2O3. The predicted molar refractivity (Wildman–Crippen MR) is 54.7 cm³/mol. The third-order valence-corrected chi connectivity index (χ3v) is 2.09. The molecule has 3 N–H and O–H groups in total. The van der Waals surface area contributed by atoms with Gasteiger partial charge in [0.2, 0.25) is 0 Å². The highest BCUT2D eigenvalue weighted by molar-refractivity contribution is 5.84. The van der Waals surface area contributed by atoms with Gasteiger partial charge in [0.15, 0.2) is 0 Å². The maximum atomic E-state index is 9.14. The Kier molecular flexibility index (Phi) is 2.84. The van der Waals surface area contributed by atoms with Crippen molar-refractivity contribution in [2.24, 2.45) is 0 Å². The van der Waals surface area contributed by atoms with Gasteiger partial charge in [-0.3, -0.25) is 5.10 Å². The van der Waals surface area contributed by atoms with E-state index in [4.69, 9.17) is 14.9 Å². The van der Waals surface area contributed by atoms with Gasteiger partial charge in [-0.2, -0.15) is 5.10 Å². The lowest BCUT2D eigenvalue weighted by molar-refractivity contribution is 0.0541. The van der Waals surface area contributed by atoms with E-state index in [0.717, 1.165) is 10.9 Å². The first-order valence-electron chi connectivity index (χ1n) is 4.65. The third-order valence-electron chi connectivity index (χ3n) is 2.09. The lowest BCUT2D eigenvalue weighted by Gasteiger charge is -2.10. The van der Waals surface area contributed by atoms with Crippen LogP contribution in [0, 0.1) is 0 Å². The number of benzene rings is 1. The molecule has 0 aliphatic heterocycles. The van der Waals surface area contributed by atoms with Gasteiger partial charge in [0.25, 0.3) is 0 Å². The zero-order chi connectivity index (χ0) is 10.7. The molecule has 0 fully saturated rings. The summed E-state index contributed by atoms with van der Waals surface area (Å²) >= 11 is 0. The molecule has 1 unspecified atom stereocenters. The number of hydrogen-bond acceptors (Lipinski definition) is 4. The summed E-state index contributed by atoms with van der Waals surface area (Å²) in [5, 5.41) is 25.4. The zero-order valence-corrected chi connectivity index (χ0v) is 8.05. The second-order valence-electron chi connectivity index (χ2n) is 3.23. The predicted octanol–water partition coefficient (Wildman–Crippen LogP) is 0.295. The van der Waals surface area contributed by atoms with Crippen molar-refractivity contribution in [1.29, 1.82) is 0 Å². The number of aromatic nitrogens is 2. The Balaban J connectivity index is 2.17. The van der Waals surface area contributed by atoms with E-state index in [1.54, 1.807) is 12.3 Å². The van der Waals surface area contributed by atoms with Crippen molar-refractivity contribution < 1.29 is 14.9 Å². The summed E-state index contributed by atoms with van der Waals surface area (Å²) < 4.78 is 5.36. The largest absolute Gasteiger partial charge is 0.490 e. The molecule has 2 aromatic rings. The van der Waals surface area contributed by atoms with Gasteiger partial charge in [-0.25, -0.2) is 0 Å². The molecule has 5 nitrogen and oxygen atoms in total. The number of rotatable bonds is 4. The molecule has 0 bridgehead atoms. The molecule has 1 heterocycles. The topological polar surface area (TPSA) is 78.4 Å². The van der Waals surface area contributed by atoms with Crippen molar-refractivity contribution in [3.8, 4) is 5.75 Å².